The average molecular weight is 703 g/mol. The number of rotatable bonds is 9. The molecule has 2 aliphatic rings. The predicted octanol–water partition coefficient (Wildman–Crippen LogP) is 11.3. The number of fused-ring (bicyclic) bond motifs is 1. The first-order valence-corrected chi connectivity index (χ1v) is 18.1. The maximum absolute atomic E-state index is 13.0. The molecule has 49 heavy (non-hydrogen) atoms. The van der Waals surface area contributed by atoms with Crippen LogP contribution in [0.5, 0.6) is 0 Å². The van der Waals surface area contributed by atoms with Crippen LogP contribution in [0.4, 0.5) is 13.2 Å². The zero-order valence-electron chi connectivity index (χ0n) is 31.2. The van der Waals surface area contributed by atoms with Gasteiger partial charge in [0.2, 0.25) is 0 Å². The Morgan fingerprint density at radius 2 is 1.76 bits per heavy atom. The van der Waals surface area contributed by atoms with Gasteiger partial charge in [0.1, 0.15) is 5.70 Å². The Hall–Kier alpha value is -3.43. The van der Waals surface area contributed by atoms with Gasteiger partial charge in [0.15, 0.2) is 5.78 Å². The first-order chi connectivity index (χ1) is 23.1. The van der Waals surface area contributed by atoms with Crippen LogP contribution in [0.25, 0.3) is 0 Å². The molecule has 1 amide bonds. The number of carbonyl (C=O) groups excluding carboxylic acids is 2. The molecule has 0 radical (unpaired) electrons. The lowest BCUT2D eigenvalue weighted by molar-refractivity contribution is -0.137. The smallest absolute Gasteiger partial charge is 0.381 e. The summed E-state index contributed by atoms with van der Waals surface area (Å²) in [5.41, 5.74) is 4.13. The number of thiophene rings is 1. The molecular weight excluding hydrogens is 646 g/mol. The largest absolute Gasteiger partial charge is 0.416 e. The van der Waals surface area contributed by atoms with Crippen LogP contribution in [0.3, 0.4) is 0 Å². The summed E-state index contributed by atoms with van der Waals surface area (Å²) in [6, 6.07) is 4.18. The molecule has 0 bridgehead atoms. The number of ketones is 1. The van der Waals surface area contributed by atoms with Crippen molar-refractivity contribution >= 4 is 23.0 Å². The zero-order chi connectivity index (χ0) is 37.3. The lowest BCUT2D eigenvalue weighted by Gasteiger charge is -2.32. The van der Waals surface area contributed by atoms with Gasteiger partial charge in [-0.3, -0.25) is 9.59 Å². The van der Waals surface area contributed by atoms with Gasteiger partial charge in [-0.1, -0.05) is 78.8 Å². The van der Waals surface area contributed by atoms with Gasteiger partial charge in [0.05, 0.1) is 12.1 Å². The zero-order valence-corrected chi connectivity index (χ0v) is 32.0. The van der Waals surface area contributed by atoms with E-state index < -0.39 is 11.7 Å². The number of nitrogens with zero attached hydrogens (tertiary/aromatic N) is 2. The Labute approximate surface area is 297 Å². The van der Waals surface area contributed by atoms with Crippen molar-refractivity contribution in [2.45, 2.75) is 107 Å². The number of Topliss-reactive ketones (excluding diaryl/α,β-unsaturated/α-hetero) is 1. The molecule has 5 nitrogen and oxygen atoms in total. The van der Waals surface area contributed by atoms with Gasteiger partial charge < -0.3 is 14.5 Å². The van der Waals surface area contributed by atoms with E-state index >= 15 is 0 Å². The maximum Gasteiger partial charge on any atom is 0.416 e. The molecule has 0 spiro atoms. The van der Waals surface area contributed by atoms with Gasteiger partial charge in [-0.05, 0) is 87.3 Å². The average Bonchev–Trinajstić information content (AvgIpc) is 3.49. The normalized spacial score (nSPS) is 14.0. The minimum absolute atomic E-state index is 0.0120. The number of hydrogen-bond donors (Lipinski definition) is 0. The summed E-state index contributed by atoms with van der Waals surface area (Å²) in [6.45, 7) is 26.5. The number of allylic oxidation sites excluding steroid dienone is 4. The van der Waals surface area contributed by atoms with E-state index in [4.69, 9.17) is 4.74 Å². The number of halogens is 3. The topological polar surface area (TPSA) is 49.9 Å². The Bertz CT molecular complexity index is 1450. The van der Waals surface area contributed by atoms with Crippen LogP contribution in [0, 0.1) is 12.8 Å². The van der Waals surface area contributed by atoms with E-state index in [0.717, 1.165) is 59.2 Å². The first kappa shape index (κ1) is 43.6. The molecule has 0 saturated heterocycles. The maximum atomic E-state index is 13.0. The Balaban J connectivity index is 0.000000407. The third-order valence-electron chi connectivity index (χ3n) is 7.59. The first-order valence-electron chi connectivity index (χ1n) is 17.3. The number of alkyl halides is 3. The molecule has 1 aromatic carbocycles. The number of ether oxygens (including phenoxy) is 1. The van der Waals surface area contributed by atoms with Crippen LogP contribution >= 0.6 is 11.3 Å². The van der Waals surface area contributed by atoms with E-state index in [-0.39, 0.29) is 17.6 Å². The van der Waals surface area contributed by atoms with E-state index in [0.29, 0.717) is 24.4 Å². The lowest BCUT2D eigenvalue weighted by Crippen LogP contribution is -2.39. The van der Waals surface area contributed by atoms with Crippen molar-refractivity contribution in [1.29, 1.82) is 0 Å². The van der Waals surface area contributed by atoms with Crippen molar-refractivity contribution in [3.05, 3.63) is 105 Å². The number of carbonyl (C=O) groups is 2. The summed E-state index contributed by atoms with van der Waals surface area (Å²) in [7, 11) is 0. The van der Waals surface area contributed by atoms with Crippen molar-refractivity contribution in [3.8, 4) is 0 Å². The fourth-order valence-corrected chi connectivity index (χ4v) is 6.07. The van der Waals surface area contributed by atoms with Crippen molar-refractivity contribution in [3.63, 3.8) is 0 Å². The standard InChI is InChI=1S/C19H20N2O2S.C11H13F3.C8H18O.C2H6/c1-4-17(21-9-6-5-7-13(21)2)19(23)20-10-8-15-16(14(3)22)12-24-18(15)11-20;1-7(2)9-4-8(3)5-10(6-9)11(12,13)14;1-4-6-9-7-5-8(2)3;1-2/h4-7,9,12H,2,8,10-11H2,1,3H3;4-7H,1-3H3;8H,4-7H2,1-3H3;1-2H3/b17-4-;;;. The van der Waals surface area contributed by atoms with Crippen LogP contribution in [0.1, 0.15) is 119 Å². The summed E-state index contributed by atoms with van der Waals surface area (Å²) < 4.78 is 42.5. The molecule has 0 unspecified atom stereocenters. The van der Waals surface area contributed by atoms with Crippen LogP contribution in [0.2, 0.25) is 0 Å². The summed E-state index contributed by atoms with van der Waals surface area (Å²) in [4.78, 5) is 29.4. The van der Waals surface area contributed by atoms with Crippen molar-refractivity contribution in [2.24, 2.45) is 5.92 Å². The molecule has 4 rings (SSSR count). The summed E-state index contributed by atoms with van der Waals surface area (Å²) in [5.74, 6) is 0.989. The SMILES string of the molecule is C=C1C=CC=CN1/C(=C\C)C(=O)N1CCc2c(C(C)=O)csc2C1.CC.CCCOCCC(C)C.Cc1cc(C(C)C)cc(C(F)(F)F)c1. The van der Waals surface area contributed by atoms with Crippen molar-refractivity contribution in [1.82, 2.24) is 9.80 Å². The van der Waals surface area contributed by atoms with E-state index in [1.165, 1.54) is 18.6 Å². The lowest BCUT2D eigenvalue weighted by atomic mass is 9.98. The highest BCUT2D eigenvalue weighted by molar-refractivity contribution is 7.10. The minimum Gasteiger partial charge on any atom is -0.381 e. The molecule has 3 heterocycles. The fourth-order valence-electron chi connectivity index (χ4n) is 4.91. The van der Waals surface area contributed by atoms with Crippen LogP contribution in [-0.4, -0.2) is 41.2 Å². The molecule has 2 aromatic rings. The molecule has 2 aliphatic heterocycles. The molecule has 0 N–H and O–H groups in total. The molecule has 0 saturated carbocycles. The second-order valence-corrected chi connectivity index (χ2v) is 13.4. The Morgan fingerprint density at radius 1 is 1.08 bits per heavy atom. The van der Waals surface area contributed by atoms with E-state index in [1.54, 1.807) is 31.3 Å². The van der Waals surface area contributed by atoms with E-state index in [2.05, 4.69) is 27.4 Å². The summed E-state index contributed by atoms with van der Waals surface area (Å²) in [6.07, 6.45) is 8.16. The number of amides is 1. The van der Waals surface area contributed by atoms with Crippen molar-refractivity contribution < 1.29 is 27.5 Å². The van der Waals surface area contributed by atoms with E-state index in [1.807, 2.05) is 80.3 Å². The monoisotopic (exact) mass is 702 g/mol. The second kappa shape index (κ2) is 21.6. The van der Waals surface area contributed by atoms with Crippen molar-refractivity contribution in [2.75, 3.05) is 19.8 Å². The fraction of sp³-hybridized carbons (Fsp3) is 0.500. The molecule has 9 heteroatoms. The minimum atomic E-state index is -4.24. The second-order valence-electron chi connectivity index (χ2n) is 12.4. The molecule has 0 aliphatic carbocycles. The Morgan fingerprint density at radius 3 is 2.29 bits per heavy atom. The molecule has 1 aromatic heterocycles. The summed E-state index contributed by atoms with van der Waals surface area (Å²) >= 11 is 1.57. The highest BCUT2D eigenvalue weighted by atomic mass is 32.1. The van der Waals surface area contributed by atoms with Crippen LogP contribution in [-0.2, 0) is 28.7 Å². The number of hydrogen-bond acceptors (Lipinski definition) is 5. The van der Waals surface area contributed by atoms with Gasteiger partial charge in [0, 0.05) is 47.5 Å². The molecular formula is C40H57F3N2O3S. The van der Waals surface area contributed by atoms with Crippen LogP contribution < -0.4 is 0 Å². The highest BCUT2D eigenvalue weighted by Gasteiger charge is 2.31. The van der Waals surface area contributed by atoms with Crippen LogP contribution in [0.15, 0.2) is 72.1 Å². The van der Waals surface area contributed by atoms with Gasteiger partial charge in [0.25, 0.3) is 5.91 Å². The van der Waals surface area contributed by atoms with Gasteiger partial charge in [-0.25, -0.2) is 0 Å². The number of aryl methyl sites for hydroxylation is 1. The molecule has 0 fully saturated rings. The molecule has 0 atom stereocenters. The van der Waals surface area contributed by atoms with E-state index in [9.17, 15) is 22.8 Å². The third kappa shape index (κ3) is 14.1. The molecule has 272 valence electrons. The quantitative estimate of drug-likeness (QED) is 0.148. The van der Waals surface area contributed by atoms with Gasteiger partial charge in [-0.15, -0.1) is 11.3 Å². The Kier molecular flexibility index (Phi) is 19.2. The highest BCUT2D eigenvalue weighted by Crippen LogP contribution is 2.32. The summed E-state index contributed by atoms with van der Waals surface area (Å²) in [5, 5.41) is 1.91. The predicted molar refractivity (Wildman–Crippen MR) is 199 cm³/mol. The van der Waals surface area contributed by atoms with Gasteiger partial charge >= 0.3 is 6.18 Å². The number of benzene rings is 1. The third-order valence-corrected chi connectivity index (χ3v) is 8.61. The van der Waals surface area contributed by atoms with Gasteiger partial charge in [-0.2, -0.15) is 13.2 Å².